The molecule has 6 atom stereocenters. The van der Waals surface area contributed by atoms with Crippen LogP contribution < -0.4 is 0 Å². The molecule has 162 valence electrons. The molecule has 1 aliphatic carbocycles. The molecule has 0 aliphatic heterocycles. The minimum Gasteiger partial charge on any atom is -0.481 e. The topological polar surface area (TPSA) is 127 Å². The molecule has 0 spiro atoms. The second kappa shape index (κ2) is 13.2. The van der Waals surface area contributed by atoms with Crippen LogP contribution in [-0.2, 0) is 4.79 Å². The first-order valence-corrected chi connectivity index (χ1v) is 10.3. The van der Waals surface area contributed by atoms with Gasteiger partial charge in [0.1, 0.15) is 0 Å². The van der Waals surface area contributed by atoms with Crippen LogP contribution in [0.1, 0.15) is 59.3 Å². The van der Waals surface area contributed by atoms with E-state index in [4.69, 9.17) is 10.6 Å². The molecule has 1 saturated carbocycles. The summed E-state index contributed by atoms with van der Waals surface area (Å²) in [6.07, 6.45) is 11.6. The number of nitrogens with zero attached hydrogens (tertiary/aromatic N) is 3. The molecule has 1 aliphatic rings. The van der Waals surface area contributed by atoms with Gasteiger partial charge in [0.25, 0.3) is 0 Å². The fourth-order valence-electron chi connectivity index (χ4n) is 3.64. The van der Waals surface area contributed by atoms with Gasteiger partial charge in [-0.2, -0.15) is 0 Å². The molecule has 0 aromatic rings. The molecular weight excluding hydrogens is 370 g/mol. The molecule has 0 amide bonds. The highest BCUT2D eigenvalue weighted by Gasteiger charge is 2.40. The van der Waals surface area contributed by atoms with Crippen LogP contribution in [0.15, 0.2) is 41.1 Å². The lowest BCUT2D eigenvalue weighted by atomic mass is 9.88. The Hall–Kier alpha value is -2.08. The van der Waals surface area contributed by atoms with E-state index in [1.165, 1.54) is 5.57 Å². The maximum atomic E-state index is 10.6. The van der Waals surface area contributed by atoms with Crippen LogP contribution >= 0.6 is 0 Å². The van der Waals surface area contributed by atoms with Gasteiger partial charge >= 0.3 is 5.97 Å². The molecule has 0 radical (unpaired) electrons. The zero-order valence-electron chi connectivity index (χ0n) is 17.7. The van der Waals surface area contributed by atoms with Crippen molar-refractivity contribution in [2.75, 3.05) is 0 Å². The van der Waals surface area contributed by atoms with Crippen molar-refractivity contribution < 1.29 is 20.1 Å². The summed E-state index contributed by atoms with van der Waals surface area (Å²) in [6.45, 7) is 6.04. The molecule has 1 unspecified atom stereocenters. The van der Waals surface area contributed by atoms with Gasteiger partial charge in [-0.05, 0) is 63.3 Å². The monoisotopic (exact) mass is 405 g/mol. The Labute approximate surface area is 173 Å². The van der Waals surface area contributed by atoms with Gasteiger partial charge in [0.05, 0.1) is 12.2 Å². The molecule has 1 rings (SSSR count). The number of rotatable bonds is 12. The van der Waals surface area contributed by atoms with E-state index < -0.39 is 18.2 Å². The maximum absolute atomic E-state index is 10.6. The first-order valence-electron chi connectivity index (χ1n) is 10.3. The summed E-state index contributed by atoms with van der Waals surface area (Å²) in [7, 11) is 0. The Morgan fingerprint density at radius 2 is 2.07 bits per heavy atom. The summed E-state index contributed by atoms with van der Waals surface area (Å²) >= 11 is 0. The third-order valence-corrected chi connectivity index (χ3v) is 5.46. The van der Waals surface area contributed by atoms with Crippen LogP contribution in [0.25, 0.3) is 10.4 Å². The molecule has 0 aromatic carbocycles. The van der Waals surface area contributed by atoms with E-state index in [-0.39, 0.29) is 30.2 Å². The van der Waals surface area contributed by atoms with Gasteiger partial charge in [-0.1, -0.05) is 48.0 Å². The van der Waals surface area contributed by atoms with Gasteiger partial charge < -0.3 is 15.3 Å². The quantitative estimate of drug-likeness (QED) is 0.142. The highest BCUT2D eigenvalue weighted by atomic mass is 16.4. The third-order valence-electron chi connectivity index (χ3n) is 5.46. The number of carboxylic acids is 1. The van der Waals surface area contributed by atoms with Gasteiger partial charge in [0.15, 0.2) is 0 Å². The van der Waals surface area contributed by atoms with E-state index in [0.29, 0.717) is 25.7 Å². The van der Waals surface area contributed by atoms with E-state index >= 15 is 0 Å². The summed E-state index contributed by atoms with van der Waals surface area (Å²) in [5.41, 5.74) is 10.1. The molecule has 7 heteroatoms. The van der Waals surface area contributed by atoms with Crippen LogP contribution in [0.4, 0.5) is 0 Å². The number of carbonyl (C=O) groups is 1. The highest BCUT2D eigenvalue weighted by Crippen LogP contribution is 2.38. The number of unbranched alkanes of at least 4 members (excludes halogenated alkanes) is 1. The van der Waals surface area contributed by atoms with Crippen LogP contribution in [0, 0.1) is 17.8 Å². The van der Waals surface area contributed by atoms with Crippen molar-refractivity contribution in [1.82, 2.24) is 0 Å². The zero-order valence-corrected chi connectivity index (χ0v) is 17.7. The Kier molecular flexibility index (Phi) is 11.4. The molecule has 0 saturated heterocycles. The Bertz CT molecular complexity index is 648. The molecule has 7 nitrogen and oxygen atoms in total. The summed E-state index contributed by atoms with van der Waals surface area (Å²) in [5.74, 6) is -0.976. The number of aliphatic carboxylic acids is 1. The van der Waals surface area contributed by atoms with Gasteiger partial charge in [0, 0.05) is 23.3 Å². The van der Waals surface area contributed by atoms with Crippen molar-refractivity contribution in [3.63, 3.8) is 0 Å². The minimum absolute atomic E-state index is 0.0480. The number of hydrogen-bond donors (Lipinski definition) is 3. The van der Waals surface area contributed by atoms with Crippen molar-refractivity contribution >= 4 is 5.97 Å². The van der Waals surface area contributed by atoms with Crippen molar-refractivity contribution in [2.24, 2.45) is 22.9 Å². The van der Waals surface area contributed by atoms with Gasteiger partial charge in [-0.25, -0.2) is 0 Å². The Morgan fingerprint density at radius 3 is 2.69 bits per heavy atom. The number of carboxylic acid groups (broad SMARTS) is 1. The number of aliphatic hydroxyl groups is 2. The summed E-state index contributed by atoms with van der Waals surface area (Å²) < 4.78 is 0. The van der Waals surface area contributed by atoms with Gasteiger partial charge in [0.2, 0.25) is 0 Å². The standard InChI is InChI=1S/C22H35N3O4/c1-15(2)10-11-16(3)20(26)13-12-18-17(19(24-25-23)14-21(18)27)8-6-4-5-7-9-22(28)29/h4,6,10,12-13,16-21,26-27H,5,7-9,11,14H2,1-3H3,(H,28,29)/t16?,17-,18-,19+,20-,21-/m1/s1. The molecule has 3 N–H and O–H groups in total. The third kappa shape index (κ3) is 9.31. The highest BCUT2D eigenvalue weighted by molar-refractivity contribution is 5.66. The largest absolute Gasteiger partial charge is 0.481 e. The number of aliphatic hydroxyl groups excluding tert-OH is 2. The molecule has 0 bridgehead atoms. The Balaban J connectivity index is 2.75. The summed E-state index contributed by atoms with van der Waals surface area (Å²) in [6, 6.07) is -0.298. The van der Waals surface area contributed by atoms with E-state index in [0.717, 1.165) is 6.42 Å². The van der Waals surface area contributed by atoms with Crippen LogP contribution in [0.3, 0.4) is 0 Å². The molecule has 0 aromatic heterocycles. The smallest absolute Gasteiger partial charge is 0.303 e. The van der Waals surface area contributed by atoms with Crippen molar-refractivity contribution in [3.8, 4) is 0 Å². The van der Waals surface area contributed by atoms with Crippen molar-refractivity contribution in [3.05, 3.63) is 46.4 Å². The first-order chi connectivity index (χ1) is 13.8. The van der Waals surface area contributed by atoms with Gasteiger partial charge in [-0.3, -0.25) is 4.79 Å². The van der Waals surface area contributed by atoms with Crippen LogP contribution in [0.5, 0.6) is 0 Å². The van der Waals surface area contributed by atoms with Crippen molar-refractivity contribution in [1.29, 1.82) is 0 Å². The predicted octanol–water partition coefficient (Wildman–Crippen LogP) is 4.77. The Morgan fingerprint density at radius 1 is 1.34 bits per heavy atom. The van der Waals surface area contributed by atoms with E-state index in [9.17, 15) is 15.0 Å². The minimum atomic E-state index is -0.802. The SMILES string of the molecule is CC(C)=CCC(C)[C@H](O)C=C[C@@H]1[C@@H](CC=CCCCC(=O)O)[C@@H](N=[N+]=[N-])C[C@H]1O. The zero-order chi connectivity index (χ0) is 21.8. The lowest BCUT2D eigenvalue weighted by molar-refractivity contribution is -0.137. The molecule has 29 heavy (non-hydrogen) atoms. The first kappa shape index (κ1) is 25.0. The summed E-state index contributed by atoms with van der Waals surface area (Å²) in [4.78, 5) is 13.5. The predicted molar refractivity (Wildman–Crippen MR) is 114 cm³/mol. The number of hydrogen-bond acceptors (Lipinski definition) is 4. The second-order valence-electron chi connectivity index (χ2n) is 8.18. The lowest BCUT2D eigenvalue weighted by Crippen LogP contribution is -2.21. The fraction of sp³-hybridized carbons (Fsp3) is 0.682. The summed E-state index contributed by atoms with van der Waals surface area (Å²) in [5, 5.41) is 33.4. The molecule has 1 fully saturated rings. The van der Waals surface area contributed by atoms with E-state index in [2.05, 4.69) is 16.1 Å². The normalized spacial score (nSPS) is 26.4. The lowest BCUT2D eigenvalue weighted by Gasteiger charge is -2.21. The van der Waals surface area contributed by atoms with Gasteiger partial charge in [-0.15, -0.1) is 0 Å². The number of azide groups is 1. The average Bonchev–Trinajstić information content (AvgIpc) is 2.95. The second-order valence-corrected chi connectivity index (χ2v) is 8.18. The molecule has 0 heterocycles. The van der Waals surface area contributed by atoms with Crippen molar-refractivity contribution in [2.45, 2.75) is 77.5 Å². The van der Waals surface area contributed by atoms with E-state index in [1.807, 2.05) is 39.0 Å². The van der Waals surface area contributed by atoms with Crippen LogP contribution in [0.2, 0.25) is 0 Å². The molecular formula is C22H35N3O4. The average molecular weight is 406 g/mol. The fourth-order valence-corrected chi connectivity index (χ4v) is 3.64. The van der Waals surface area contributed by atoms with Crippen LogP contribution in [-0.4, -0.2) is 39.5 Å². The number of allylic oxidation sites excluding steroid dienone is 4. The maximum Gasteiger partial charge on any atom is 0.303 e. The van der Waals surface area contributed by atoms with E-state index in [1.54, 1.807) is 6.08 Å².